The van der Waals surface area contributed by atoms with Gasteiger partial charge in [-0.1, -0.05) is 31.0 Å². The fourth-order valence-corrected chi connectivity index (χ4v) is 3.38. The highest BCUT2D eigenvalue weighted by molar-refractivity contribution is 5.75. The van der Waals surface area contributed by atoms with Gasteiger partial charge in [-0.15, -0.1) is 0 Å². The van der Waals surface area contributed by atoms with Gasteiger partial charge in [-0.2, -0.15) is 0 Å². The number of halogens is 1. The predicted molar refractivity (Wildman–Crippen MR) is 75.3 cm³/mol. The molecule has 0 N–H and O–H groups in total. The van der Waals surface area contributed by atoms with Crippen LogP contribution in [0.3, 0.4) is 0 Å². The minimum Gasteiger partial charge on any atom is -0.296 e. The molecule has 102 valence electrons. The van der Waals surface area contributed by atoms with Gasteiger partial charge in [0.2, 0.25) is 0 Å². The lowest BCUT2D eigenvalue weighted by Crippen LogP contribution is -2.25. The number of aromatic nitrogens is 1. The molecule has 1 aliphatic rings. The van der Waals surface area contributed by atoms with E-state index in [1.54, 1.807) is 6.20 Å². The van der Waals surface area contributed by atoms with Crippen LogP contribution in [0.25, 0.3) is 0 Å². The molecule has 1 heterocycles. The van der Waals surface area contributed by atoms with E-state index in [4.69, 9.17) is 0 Å². The van der Waals surface area contributed by atoms with Gasteiger partial charge in [-0.25, -0.2) is 4.39 Å². The number of rotatable bonds is 3. The van der Waals surface area contributed by atoms with E-state index in [0.717, 1.165) is 43.1 Å². The molecule has 0 spiro atoms. The van der Waals surface area contributed by atoms with Gasteiger partial charge in [0.05, 0.1) is 0 Å². The molecule has 0 atom stereocenters. The third kappa shape index (κ3) is 2.03. The highest BCUT2D eigenvalue weighted by atomic mass is 19.1. The lowest BCUT2D eigenvalue weighted by atomic mass is 9.72. The molecule has 2 nitrogen and oxygen atoms in total. The standard InChI is InChI=1S/C17H16FNO/c18-14-7-5-13(6-8-14)17(9-1-2-10-17)15-4-3-11-19-16(15)12-20/h3-8,11-12H,1-2,9-10H2. The van der Waals surface area contributed by atoms with Crippen LogP contribution in [0, 0.1) is 5.82 Å². The van der Waals surface area contributed by atoms with E-state index < -0.39 is 0 Å². The van der Waals surface area contributed by atoms with Crippen molar-refractivity contribution in [3.63, 3.8) is 0 Å². The van der Waals surface area contributed by atoms with Crippen LogP contribution < -0.4 is 0 Å². The average Bonchev–Trinajstić information content (AvgIpc) is 2.98. The number of benzene rings is 1. The number of hydrogen-bond acceptors (Lipinski definition) is 2. The Hall–Kier alpha value is -2.03. The van der Waals surface area contributed by atoms with Crippen molar-refractivity contribution in [1.82, 2.24) is 4.98 Å². The summed E-state index contributed by atoms with van der Waals surface area (Å²) in [6.45, 7) is 0. The molecule has 1 aliphatic carbocycles. The van der Waals surface area contributed by atoms with Gasteiger partial charge in [-0.05, 0) is 42.2 Å². The zero-order chi connectivity index (χ0) is 14.0. The smallest absolute Gasteiger partial charge is 0.168 e. The van der Waals surface area contributed by atoms with Crippen LogP contribution in [-0.4, -0.2) is 11.3 Å². The van der Waals surface area contributed by atoms with Crippen molar-refractivity contribution in [3.8, 4) is 0 Å². The SMILES string of the molecule is O=Cc1ncccc1C1(c2ccc(F)cc2)CCCC1. The summed E-state index contributed by atoms with van der Waals surface area (Å²) in [6.07, 6.45) is 6.64. The van der Waals surface area contributed by atoms with Gasteiger partial charge in [0.25, 0.3) is 0 Å². The zero-order valence-electron chi connectivity index (χ0n) is 11.2. The maximum absolute atomic E-state index is 13.2. The van der Waals surface area contributed by atoms with Crippen molar-refractivity contribution in [2.24, 2.45) is 0 Å². The van der Waals surface area contributed by atoms with Crippen LogP contribution in [0.1, 0.15) is 47.3 Å². The number of nitrogens with zero attached hydrogens (tertiary/aromatic N) is 1. The van der Waals surface area contributed by atoms with Gasteiger partial charge >= 0.3 is 0 Å². The molecule has 20 heavy (non-hydrogen) atoms. The Morgan fingerprint density at radius 2 is 1.80 bits per heavy atom. The van der Waals surface area contributed by atoms with Crippen LogP contribution in [-0.2, 0) is 5.41 Å². The summed E-state index contributed by atoms with van der Waals surface area (Å²) >= 11 is 0. The molecular formula is C17H16FNO. The van der Waals surface area contributed by atoms with Gasteiger partial charge in [0.1, 0.15) is 11.5 Å². The molecule has 0 saturated heterocycles. The first-order valence-electron chi connectivity index (χ1n) is 6.93. The average molecular weight is 269 g/mol. The molecule has 1 saturated carbocycles. The van der Waals surface area contributed by atoms with E-state index in [0.29, 0.717) is 5.69 Å². The first kappa shape index (κ1) is 13.0. The normalized spacial score (nSPS) is 17.1. The zero-order valence-corrected chi connectivity index (χ0v) is 11.2. The van der Waals surface area contributed by atoms with Gasteiger partial charge in [0.15, 0.2) is 6.29 Å². The minimum absolute atomic E-state index is 0.196. The molecule has 0 amide bonds. The highest BCUT2D eigenvalue weighted by Gasteiger charge is 2.39. The summed E-state index contributed by atoms with van der Waals surface area (Å²) < 4.78 is 13.2. The van der Waals surface area contributed by atoms with Gasteiger partial charge < -0.3 is 0 Å². The first-order chi connectivity index (χ1) is 9.76. The number of carbonyl (C=O) groups is 1. The van der Waals surface area contributed by atoms with Crippen LogP contribution in [0.5, 0.6) is 0 Å². The fourth-order valence-electron chi connectivity index (χ4n) is 3.38. The summed E-state index contributed by atoms with van der Waals surface area (Å²) in [5.41, 5.74) is 2.35. The van der Waals surface area contributed by atoms with Crippen molar-refractivity contribution in [2.75, 3.05) is 0 Å². The lowest BCUT2D eigenvalue weighted by molar-refractivity contribution is 0.111. The quantitative estimate of drug-likeness (QED) is 0.791. The van der Waals surface area contributed by atoms with E-state index in [-0.39, 0.29) is 11.2 Å². The van der Waals surface area contributed by atoms with E-state index in [1.807, 2.05) is 24.3 Å². The molecule has 2 aromatic rings. The molecule has 3 rings (SSSR count). The Morgan fingerprint density at radius 3 is 2.45 bits per heavy atom. The highest BCUT2D eigenvalue weighted by Crippen LogP contribution is 2.46. The van der Waals surface area contributed by atoms with Crippen LogP contribution in [0.4, 0.5) is 4.39 Å². The third-order valence-corrected chi connectivity index (χ3v) is 4.32. The Kier molecular flexibility index (Phi) is 3.35. The van der Waals surface area contributed by atoms with Crippen molar-refractivity contribution in [3.05, 3.63) is 65.2 Å². The first-order valence-corrected chi connectivity index (χ1v) is 6.93. The Labute approximate surface area is 117 Å². The third-order valence-electron chi connectivity index (χ3n) is 4.32. The van der Waals surface area contributed by atoms with Crippen LogP contribution in [0.15, 0.2) is 42.6 Å². The number of carbonyl (C=O) groups excluding carboxylic acids is 1. The maximum atomic E-state index is 13.2. The minimum atomic E-state index is -0.233. The molecule has 1 fully saturated rings. The number of pyridine rings is 1. The molecule has 3 heteroatoms. The molecule has 0 unspecified atom stereocenters. The molecule has 0 bridgehead atoms. The lowest BCUT2D eigenvalue weighted by Gasteiger charge is -2.31. The van der Waals surface area contributed by atoms with E-state index in [2.05, 4.69) is 4.98 Å². The molecule has 1 aromatic carbocycles. The second kappa shape index (κ2) is 5.16. The van der Waals surface area contributed by atoms with Crippen molar-refractivity contribution >= 4 is 6.29 Å². The maximum Gasteiger partial charge on any atom is 0.168 e. The largest absolute Gasteiger partial charge is 0.296 e. The fraction of sp³-hybridized carbons (Fsp3) is 0.294. The Morgan fingerprint density at radius 1 is 1.10 bits per heavy atom. The number of hydrogen-bond donors (Lipinski definition) is 0. The molecule has 0 radical (unpaired) electrons. The predicted octanol–water partition coefficient (Wildman–Crippen LogP) is 3.89. The van der Waals surface area contributed by atoms with Gasteiger partial charge in [-0.3, -0.25) is 9.78 Å². The van der Waals surface area contributed by atoms with E-state index >= 15 is 0 Å². The second-order valence-corrected chi connectivity index (χ2v) is 5.35. The summed E-state index contributed by atoms with van der Waals surface area (Å²) in [4.78, 5) is 15.5. The number of aldehydes is 1. The summed E-state index contributed by atoms with van der Waals surface area (Å²) in [5, 5.41) is 0. The van der Waals surface area contributed by atoms with E-state index in [9.17, 15) is 9.18 Å². The molecule has 0 aliphatic heterocycles. The second-order valence-electron chi connectivity index (χ2n) is 5.35. The monoisotopic (exact) mass is 269 g/mol. The van der Waals surface area contributed by atoms with Crippen LogP contribution in [0.2, 0.25) is 0 Å². The van der Waals surface area contributed by atoms with Crippen molar-refractivity contribution in [1.29, 1.82) is 0 Å². The molecule has 1 aromatic heterocycles. The van der Waals surface area contributed by atoms with Crippen molar-refractivity contribution < 1.29 is 9.18 Å². The summed E-state index contributed by atoms with van der Waals surface area (Å²) in [7, 11) is 0. The summed E-state index contributed by atoms with van der Waals surface area (Å²) in [5.74, 6) is -0.233. The summed E-state index contributed by atoms with van der Waals surface area (Å²) in [6, 6.07) is 10.5. The van der Waals surface area contributed by atoms with Crippen molar-refractivity contribution in [2.45, 2.75) is 31.1 Å². The van der Waals surface area contributed by atoms with Gasteiger partial charge in [0, 0.05) is 11.6 Å². The van der Waals surface area contributed by atoms with Crippen LogP contribution >= 0.6 is 0 Å². The van der Waals surface area contributed by atoms with E-state index in [1.165, 1.54) is 12.1 Å². The Bertz CT molecular complexity index is 615. The Balaban J connectivity index is 2.17. The molecular weight excluding hydrogens is 253 g/mol. The topological polar surface area (TPSA) is 30.0 Å².